The zero-order valence-corrected chi connectivity index (χ0v) is 24.5. The SMILES string of the molecule is CC(=O)N1CCN(C(=O)c2cccc(-c3csc(NC(=O)C4(C)CC5c6ccccc6C4c4ccccc45)n3)c2)CC1. The van der Waals surface area contributed by atoms with E-state index in [2.05, 4.69) is 60.8 Å². The van der Waals surface area contributed by atoms with Crippen LogP contribution in [-0.4, -0.2) is 58.7 Å². The molecule has 4 aromatic rings. The summed E-state index contributed by atoms with van der Waals surface area (Å²) in [6.45, 7) is 5.78. The van der Waals surface area contributed by atoms with E-state index < -0.39 is 5.41 Å². The van der Waals surface area contributed by atoms with Gasteiger partial charge >= 0.3 is 0 Å². The average Bonchev–Trinajstić information content (AvgIpc) is 3.49. The molecular formula is C34H32N4O3S. The van der Waals surface area contributed by atoms with Gasteiger partial charge < -0.3 is 15.1 Å². The lowest BCUT2D eigenvalue weighted by Gasteiger charge is -2.50. The van der Waals surface area contributed by atoms with Gasteiger partial charge in [0, 0.05) is 61.4 Å². The van der Waals surface area contributed by atoms with Crippen LogP contribution in [0.15, 0.2) is 78.2 Å². The number of thiazole rings is 1. The molecule has 0 saturated carbocycles. The first-order valence-corrected chi connectivity index (χ1v) is 15.3. The molecule has 8 rings (SSSR count). The maximum atomic E-state index is 14.0. The van der Waals surface area contributed by atoms with Crippen LogP contribution in [0.25, 0.3) is 11.3 Å². The number of amides is 3. The van der Waals surface area contributed by atoms with Crippen molar-refractivity contribution in [3.05, 3.63) is 106 Å². The van der Waals surface area contributed by atoms with Gasteiger partial charge in [0.1, 0.15) is 0 Å². The summed E-state index contributed by atoms with van der Waals surface area (Å²) in [6.07, 6.45) is 0.751. The highest BCUT2D eigenvalue weighted by molar-refractivity contribution is 7.14. The molecule has 1 atom stereocenters. The third-order valence-corrected chi connectivity index (χ3v) is 10.0. The van der Waals surface area contributed by atoms with Crippen LogP contribution in [0.5, 0.6) is 0 Å². The van der Waals surface area contributed by atoms with Gasteiger partial charge in [0.2, 0.25) is 11.8 Å². The number of benzene rings is 3. The van der Waals surface area contributed by atoms with Crippen LogP contribution >= 0.6 is 11.3 Å². The smallest absolute Gasteiger partial charge is 0.253 e. The van der Waals surface area contributed by atoms with Crippen LogP contribution in [0.4, 0.5) is 5.13 Å². The molecule has 8 heteroatoms. The van der Waals surface area contributed by atoms with Gasteiger partial charge in [0.05, 0.1) is 11.1 Å². The number of nitrogens with one attached hydrogen (secondary N) is 1. The Balaban J connectivity index is 1.10. The van der Waals surface area contributed by atoms with Crippen molar-refractivity contribution in [2.75, 3.05) is 31.5 Å². The predicted molar refractivity (Wildman–Crippen MR) is 164 cm³/mol. The number of hydrogen-bond donors (Lipinski definition) is 1. The number of hydrogen-bond acceptors (Lipinski definition) is 5. The number of piperazine rings is 1. The van der Waals surface area contributed by atoms with Crippen molar-refractivity contribution in [1.82, 2.24) is 14.8 Å². The number of fused-ring (bicyclic) bond motifs is 1. The first-order chi connectivity index (χ1) is 20.3. The van der Waals surface area contributed by atoms with Crippen molar-refractivity contribution in [3.63, 3.8) is 0 Å². The Morgan fingerprint density at radius 1 is 0.857 bits per heavy atom. The molecule has 1 unspecified atom stereocenters. The monoisotopic (exact) mass is 576 g/mol. The van der Waals surface area contributed by atoms with E-state index in [1.165, 1.54) is 33.6 Å². The highest BCUT2D eigenvalue weighted by atomic mass is 32.1. The van der Waals surface area contributed by atoms with Gasteiger partial charge in [-0.15, -0.1) is 11.3 Å². The lowest BCUT2D eigenvalue weighted by atomic mass is 9.52. The lowest BCUT2D eigenvalue weighted by Crippen LogP contribution is -2.50. The van der Waals surface area contributed by atoms with Crippen LogP contribution in [0.2, 0.25) is 0 Å². The summed E-state index contributed by atoms with van der Waals surface area (Å²) in [7, 11) is 0. The molecule has 2 bridgehead atoms. The second kappa shape index (κ2) is 10.2. The number of anilines is 1. The zero-order chi connectivity index (χ0) is 29.0. The first kappa shape index (κ1) is 26.6. The van der Waals surface area contributed by atoms with E-state index in [1.54, 1.807) is 16.7 Å². The minimum atomic E-state index is -0.613. The fraction of sp³-hybridized carbons (Fsp3) is 0.294. The van der Waals surface area contributed by atoms with Gasteiger partial charge in [0.25, 0.3) is 5.91 Å². The van der Waals surface area contributed by atoms with E-state index in [9.17, 15) is 14.4 Å². The Kier molecular flexibility index (Phi) is 6.46. The van der Waals surface area contributed by atoms with Crippen molar-refractivity contribution < 1.29 is 14.4 Å². The maximum Gasteiger partial charge on any atom is 0.253 e. The van der Waals surface area contributed by atoms with Gasteiger partial charge in [-0.05, 0) is 47.7 Å². The van der Waals surface area contributed by atoms with E-state index in [0.29, 0.717) is 36.9 Å². The van der Waals surface area contributed by atoms with Crippen molar-refractivity contribution in [1.29, 1.82) is 0 Å². The average molecular weight is 577 g/mol. The number of nitrogens with zero attached hydrogens (tertiary/aromatic N) is 3. The number of carbonyl (C=O) groups excluding carboxylic acids is 3. The normalized spacial score (nSPS) is 22.3. The third-order valence-electron chi connectivity index (χ3n) is 9.29. The van der Waals surface area contributed by atoms with Crippen LogP contribution in [0.1, 0.15) is 64.7 Å². The standard InChI is InChI=1S/C34H32N4O3S/c1-21(39)37-14-16-38(17-15-37)31(40)23-9-7-8-22(18-23)29-20-42-33(35-29)36-32(41)34(2)19-28-24-10-3-5-12-26(24)30(34)27-13-6-4-11-25(27)28/h3-13,18,20,28,30H,14-17,19H2,1-2H3,(H,35,36,41). The molecule has 1 aliphatic heterocycles. The summed E-state index contributed by atoms with van der Waals surface area (Å²) < 4.78 is 0. The third kappa shape index (κ3) is 4.32. The van der Waals surface area contributed by atoms with Crippen LogP contribution < -0.4 is 5.32 Å². The van der Waals surface area contributed by atoms with E-state index in [1.807, 2.05) is 29.6 Å². The Morgan fingerprint density at radius 2 is 1.48 bits per heavy atom. The maximum absolute atomic E-state index is 14.0. The summed E-state index contributed by atoms with van der Waals surface area (Å²) in [5.74, 6) is 0.140. The van der Waals surface area contributed by atoms with Gasteiger partial charge in [-0.25, -0.2) is 4.98 Å². The Bertz CT molecular complexity index is 1680. The molecule has 3 aromatic carbocycles. The molecule has 42 heavy (non-hydrogen) atoms. The van der Waals surface area contributed by atoms with Gasteiger partial charge in [-0.3, -0.25) is 14.4 Å². The topological polar surface area (TPSA) is 82.6 Å². The highest BCUT2D eigenvalue weighted by Gasteiger charge is 2.54. The molecule has 0 radical (unpaired) electrons. The molecule has 212 valence electrons. The molecule has 3 amide bonds. The molecule has 1 saturated heterocycles. The largest absolute Gasteiger partial charge is 0.339 e. The van der Waals surface area contributed by atoms with Crippen molar-refractivity contribution in [2.45, 2.75) is 32.1 Å². The summed E-state index contributed by atoms with van der Waals surface area (Å²) in [5.41, 5.74) is 6.67. The van der Waals surface area contributed by atoms with Crippen molar-refractivity contribution in [2.24, 2.45) is 5.41 Å². The zero-order valence-electron chi connectivity index (χ0n) is 23.7. The number of carbonyl (C=O) groups is 3. The first-order valence-electron chi connectivity index (χ1n) is 14.4. The van der Waals surface area contributed by atoms with Gasteiger partial charge in [-0.1, -0.05) is 60.7 Å². The quantitative estimate of drug-likeness (QED) is 0.336. The summed E-state index contributed by atoms with van der Waals surface area (Å²) in [5, 5.41) is 5.63. The summed E-state index contributed by atoms with van der Waals surface area (Å²) in [4.78, 5) is 47.2. The van der Waals surface area contributed by atoms with Crippen molar-refractivity contribution in [3.8, 4) is 11.3 Å². The second-order valence-corrected chi connectivity index (χ2v) is 12.6. The minimum absolute atomic E-state index is 0.0176. The molecule has 4 aliphatic rings. The summed E-state index contributed by atoms with van der Waals surface area (Å²) >= 11 is 1.40. The molecular weight excluding hydrogens is 544 g/mol. The fourth-order valence-corrected chi connectivity index (χ4v) is 7.83. The molecule has 1 N–H and O–H groups in total. The van der Waals surface area contributed by atoms with Crippen LogP contribution in [0, 0.1) is 5.41 Å². The van der Waals surface area contributed by atoms with Gasteiger partial charge in [-0.2, -0.15) is 0 Å². The van der Waals surface area contributed by atoms with Crippen LogP contribution in [0.3, 0.4) is 0 Å². The molecule has 7 nitrogen and oxygen atoms in total. The van der Waals surface area contributed by atoms with E-state index >= 15 is 0 Å². The van der Waals surface area contributed by atoms with E-state index in [4.69, 9.17) is 4.98 Å². The fourth-order valence-electron chi connectivity index (χ4n) is 7.11. The van der Waals surface area contributed by atoms with Gasteiger partial charge in [0.15, 0.2) is 5.13 Å². The minimum Gasteiger partial charge on any atom is -0.339 e. The lowest BCUT2D eigenvalue weighted by molar-refractivity contribution is -0.130. The molecule has 1 fully saturated rings. The number of rotatable bonds is 4. The molecule has 3 aliphatic carbocycles. The van der Waals surface area contributed by atoms with E-state index in [-0.39, 0.29) is 29.6 Å². The highest BCUT2D eigenvalue weighted by Crippen LogP contribution is 2.61. The van der Waals surface area contributed by atoms with E-state index in [0.717, 1.165) is 17.7 Å². The molecule has 1 aromatic heterocycles. The Hall–Kier alpha value is -4.30. The van der Waals surface area contributed by atoms with Crippen molar-refractivity contribution >= 4 is 34.2 Å². The second-order valence-electron chi connectivity index (χ2n) is 11.7. The number of aromatic nitrogens is 1. The Morgan fingerprint density at radius 3 is 2.12 bits per heavy atom. The molecule has 2 heterocycles. The predicted octanol–water partition coefficient (Wildman–Crippen LogP) is 5.74. The Labute approximate surface area is 249 Å². The summed E-state index contributed by atoms with van der Waals surface area (Å²) in [6, 6.07) is 24.5. The van der Waals surface area contributed by atoms with Crippen LogP contribution in [-0.2, 0) is 9.59 Å². The molecule has 0 spiro atoms.